The number of thioether (sulfide) groups is 1. The zero-order chi connectivity index (χ0) is 14.5. The average Bonchev–Trinajstić information content (AvgIpc) is 2.55. The summed E-state index contributed by atoms with van der Waals surface area (Å²) in [6.07, 6.45) is 4.77. The highest BCUT2D eigenvalue weighted by Gasteiger charge is 2.07. The van der Waals surface area contributed by atoms with Gasteiger partial charge in [0.05, 0.1) is 5.69 Å². The van der Waals surface area contributed by atoms with Crippen LogP contribution < -0.4 is 0 Å². The van der Waals surface area contributed by atoms with Gasteiger partial charge in [-0.25, -0.2) is 0 Å². The van der Waals surface area contributed by atoms with Crippen LogP contribution in [-0.4, -0.2) is 23.0 Å². The Balaban J connectivity index is 1.66. The molecule has 2 aromatic rings. The maximum absolute atomic E-state index is 6.15. The number of hydrogen-bond acceptors (Lipinski definition) is 4. The molecule has 2 heterocycles. The first kappa shape index (κ1) is 14.3. The Morgan fingerprint density at radius 2 is 2.00 bits per heavy atom. The zero-order valence-corrected chi connectivity index (χ0v) is 12.9. The number of dihydropyridines is 1. The number of halogens is 1. The fourth-order valence-electron chi connectivity index (χ4n) is 2.03. The van der Waals surface area contributed by atoms with Gasteiger partial charge in [0.15, 0.2) is 0 Å². The molecule has 3 nitrogen and oxygen atoms in total. The molecule has 0 aliphatic carbocycles. The highest BCUT2D eigenvalue weighted by Crippen LogP contribution is 2.26. The van der Waals surface area contributed by atoms with Gasteiger partial charge in [0.2, 0.25) is 0 Å². The van der Waals surface area contributed by atoms with Crippen molar-refractivity contribution in [1.29, 1.82) is 0 Å². The fraction of sp³-hybridized carbons (Fsp3) is 0.188. The molecule has 1 aliphatic rings. The number of aromatic nitrogens is 2. The quantitative estimate of drug-likeness (QED) is 0.790. The topological polar surface area (TPSA) is 38.1 Å². The Morgan fingerprint density at radius 1 is 1.10 bits per heavy atom. The summed E-state index contributed by atoms with van der Waals surface area (Å²) >= 11 is 7.79. The molecule has 3 rings (SSSR count). The van der Waals surface area contributed by atoms with Gasteiger partial charge in [0, 0.05) is 23.5 Å². The molecule has 0 saturated carbocycles. The van der Waals surface area contributed by atoms with Gasteiger partial charge in [-0.15, -0.1) is 10.2 Å². The fourth-order valence-corrected chi connectivity index (χ4v) is 3.13. The molecular formula is C16H14ClN3S. The SMILES string of the molecule is Clc1ccccc1CSc1ccc(C2=CC=NCC2)nn1. The van der Waals surface area contributed by atoms with Gasteiger partial charge in [-0.05, 0) is 41.8 Å². The monoisotopic (exact) mass is 315 g/mol. The second-order valence-electron chi connectivity index (χ2n) is 4.63. The van der Waals surface area contributed by atoms with Crippen molar-refractivity contribution in [1.82, 2.24) is 10.2 Å². The molecule has 21 heavy (non-hydrogen) atoms. The minimum Gasteiger partial charge on any atom is -0.293 e. The van der Waals surface area contributed by atoms with Gasteiger partial charge < -0.3 is 0 Å². The normalized spacial score (nSPS) is 14.0. The van der Waals surface area contributed by atoms with Crippen LogP contribution in [0.5, 0.6) is 0 Å². The first-order valence-corrected chi connectivity index (χ1v) is 8.08. The van der Waals surface area contributed by atoms with Crippen molar-refractivity contribution >= 4 is 35.2 Å². The molecule has 0 spiro atoms. The summed E-state index contributed by atoms with van der Waals surface area (Å²) in [4.78, 5) is 4.18. The van der Waals surface area contributed by atoms with Crippen LogP contribution in [0.25, 0.3) is 5.57 Å². The summed E-state index contributed by atoms with van der Waals surface area (Å²) < 4.78 is 0. The Kier molecular flexibility index (Phi) is 4.68. The van der Waals surface area contributed by atoms with Crippen molar-refractivity contribution in [2.75, 3.05) is 6.54 Å². The van der Waals surface area contributed by atoms with E-state index < -0.39 is 0 Å². The maximum Gasteiger partial charge on any atom is 0.119 e. The third kappa shape index (κ3) is 3.71. The van der Waals surface area contributed by atoms with E-state index in [1.807, 2.05) is 48.7 Å². The molecule has 0 bridgehead atoms. The Bertz CT molecular complexity index is 680. The van der Waals surface area contributed by atoms with E-state index in [2.05, 4.69) is 15.2 Å². The number of rotatable bonds is 4. The largest absolute Gasteiger partial charge is 0.293 e. The number of aliphatic imine (C=N–C) groups is 1. The predicted molar refractivity (Wildman–Crippen MR) is 89.0 cm³/mol. The maximum atomic E-state index is 6.15. The van der Waals surface area contributed by atoms with E-state index in [0.29, 0.717) is 0 Å². The molecule has 1 aromatic heterocycles. The molecule has 0 saturated heterocycles. The summed E-state index contributed by atoms with van der Waals surface area (Å²) in [5.41, 5.74) is 3.24. The average molecular weight is 316 g/mol. The van der Waals surface area contributed by atoms with Crippen LogP contribution in [-0.2, 0) is 5.75 Å². The van der Waals surface area contributed by atoms with E-state index in [0.717, 1.165) is 40.0 Å². The summed E-state index contributed by atoms with van der Waals surface area (Å²) in [6, 6.07) is 11.9. The summed E-state index contributed by atoms with van der Waals surface area (Å²) in [5.74, 6) is 0.795. The Hall–Kier alpha value is -1.65. The molecule has 0 amide bonds. The third-order valence-corrected chi connectivity index (χ3v) is 4.53. The van der Waals surface area contributed by atoms with E-state index in [4.69, 9.17) is 11.6 Å². The van der Waals surface area contributed by atoms with Crippen LogP contribution in [0.1, 0.15) is 17.7 Å². The summed E-state index contributed by atoms with van der Waals surface area (Å²) in [5, 5.41) is 10.3. The van der Waals surface area contributed by atoms with E-state index in [9.17, 15) is 0 Å². The van der Waals surface area contributed by atoms with E-state index in [1.54, 1.807) is 11.8 Å². The molecular weight excluding hydrogens is 302 g/mol. The number of nitrogens with zero attached hydrogens (tertiary/aromatic N) is 3. The molecule has 1 aromatic carbocycles. The second kappa shape index (κ2) is 6.87. The van der Waals surface area contributed by atoms with Crippen LogP contribution >= 0.6 is 23.4 Å². The van der Waals surface area contributed by atoms with Gasteiger partial charge >= 0.3 is 0 Å². The zero-order valence-electron chi connectivity index (χ0n) is 11.4. The van der Waals surface area contributed by atoms with Gasteiger partial charge in [-0.1, -0.05) is 41.6 Å². The molecule has 106 valence electrons. The smallest absolute Gasteiger partial charge is 0.119 e. The first-order valence-electron chi connectivity index (χ1n) is 6.72. The van der Waals surface area contributed by atoms with Crippen molar-refractivity contribution in [2.24, 2.45) is 4.99 Å². The number of allylic oxidation sites excluding steroid dienone is 1. The molecule has 5 heteroatoms. The standard InChI is InChI=1S/C16H14ClN3S/c17-14-4-2-1-3-13(14)11-21-16-6-5-15(19-20-16)12-7-9-18-10-8-12/h1-7,9H,8,10-11H2. The lowest BCUT2D eigenvalue weighted by Crippen LogP contribution is -1.98. The number of benzene rings is 1. The van der Waals surface area contributed by atoms with E-state index in [1.165, 1.54) is 5.57 Å². The Labute approximate surface area is 133 Å². The number of hydrogen-bond donors (Lipinski definition) is 0. The van der Waals surface area contributed by atoms with Crippen LogP contribution in [0.3, 0.4) is 0 Å². The molecule has 0 N–H and O–H groups in total. The molecule has 0 radical (unpaired) electrons. The lowest BCUT2D eigenvalue weighted by molar-refractivity contribution is 0.900. The highest BCUT2D eigenvalue weighted by atomic mass is 35.5. The van der Waals surface area contributed by atoms with E-state index >= 15 is 0 Å². The minimum absolute atomic E-state index is 0.793. The van der Waals surface area contributed by atoms with Crippen LogP contribution in [0.4, 0.5) is 0 Å². The third-order valence-electron chi connectivity index (χ3n) is 3.19. The van der Waals surface area contributed by atoms with Crippen molar-refractivity contribution in [3.05, 3.63) is 58.8 Å². The van der Waals surface area contributed by atoms with E-state index in [-0.39, 0.29) is 0 Å². The highest BCUT2D eigenvalue weighted by molar-refractivity contribution is 7.98. The lowest BCUT2D eigenvalue weighted by atomic mass is 10.1. The van der Waals surface area contributed by atoms with Crippen LogP contribution in [0.2, 0.25) is 5.02 Å². The lowest BCUT2D eigenvalue weighted by Gasteiger charge is -2.08. The van der Waals surface area contributed by atoms with Crippen molar-refractivity contribution in [2.45, 2.75) is 17.2 Å². The van der Waals surface area contributed by atoms with Crippen molar-refractivity contribution in [3.8, 4) is 0 Å². The molecule has 0 unspecified atom stereocenters. The van der Waals surface area contributed by atoms with Crippen molar-refractivity contribution < 1.29 is 0 Å². The Morgan fingerprint density at radius 3 is 2.71 bits per heavy atom. The second-order valence-corrected chi connectivity index (χ2v) is 6.04. The minimum atomic E-state index is 0.793. The molecule has 1 aliphatic heterocycles. The van der Waals surface area contributed by atoms with Gasteiger partial charge in [-0.2, -0.15) is 0 Å². The first-order chi connectivity index (χ1) is 10.3. The van der Waals surface area contributed by atoms with Gasteiger partial charge in [0.1, 0.15) is 5.03 Å². The van der Waals surface area contributed by atoms with Crippen molar-refractivity contribution in [3.63, 3.8) is 0 Å². The molecule has 0 atom stereocenters. The van der Waals surface area contributed by atoms with Gasteiger partial charge in [0.25, 0.3) is 0 Å². The molecule has 0 fully saturated rings. The van der Waals surface area contributed by atoms with Crippen LogP contribution in [0, 0.1) is 0 Å². The summed E-state index contributed by atoms with van der Waals surface area (Å²) in [7, 11) is 0. The summed E-state index contributed by atoms with van der Waals surface area (Å²) in [6.45, 7) is 0.830. The predicted octanol–water partition coefficient (Wildman–Crippen LogP) is 4.28. The van der Waals surface area contributed by atoms with Crippen LogP contribution in [0.15, 0.2) is 52.5 Å². The van der Waals surface area contributed by atoms with Gasteiger partial charge in [-0.3, -0.25) is 4.99 Å².